The highest BCUT2D eigenvalue weighted by Gasteiger charge is 2.36. The summed E-state index contributed by atoms with van der Waals surface area (Å²) in [6.07, 6.45) is 17.4. The van der Waals surface area contributed by atoms with Crippen molar-refractivity contribution in [2.24, 2.45) is 11.8 Å². The van der Waals surface area contributed by atoms with E-state index in [4.69, 9.17) is 9.84 Å². The molecular formula is C23H44O5. The molecule has 1 unspecified atom stereocenters. The van der Waals surface area contributed by atoms with Gasteiger partial charge in [0, 0.05) is 13.5 Å². The molecule has 0 aromatic carbocycles. The van der Waals surface area contributed by atoms with Crippen molar-refractivity contribution >= 4 is 5.97 Å². The van der Waals surface area contributed by atoms with Crippen molar-refractivity contribution in [1.29, 1.82) is 0 Å². The standard InChI is InChI=1S/C23H44O5/c1-3-4-5-6-7-8-9-11-14-19-16-17-21(24)20(19)15-12-10-13-18-23(27,28-2)22(25)26/h19-21,24,27H,3-18H2,1-2H3,(H,25,26)/t19-,20+,21-,23?/m0/s1. The number of carboxylic acids is 1. The quantitative estimate of drug-likeness (QED) is 0.228. The van der Waals surface area contributed by atoms with Crippen LogP contribution in [0.4, 0.5) is 0 Å². The lowest BCUT2D eigenvalue weighted by atomic mass is 9.85. The van der Waals surface area contributed by atoms with Crippen LogP contribution in [0.15, 0.2) is 0 Å². The van der Waals surface area contributed by atoms with Crippen molar-refractivity contribution in [1.82, 2.24) is 0 Å². The molecule has 0 saturated heterocycles. The largest absolute Gasteiger partial charge is 0.477 e. The normalized spacial score (nSPS) is 24.4. The van der Waals surface area contributed by atoms with Crippen molar-refractivity contribution in [3.05, 3.63) is 0 Å². The first kappa shape index (κ1) is 25.4. The zero-order chi connectivity index (χ0) is 20.8. The Morgan fingerprint density at radius 3 is 2.11 bits per heavy atom. The van der Waals surface area contributed by atoms with E-state index in [1.807, 2.05) is 0 Å². The molecule has 1 aliphatic rings. The van der Waals surface area contributed by atoms with Gasteiger partial charge in [0.2, 0.25) is 0 Å². The van der Waals surface area contributed by atoms with Crippen LogP contribution >= 0.6 is 0 Å². The molecule has 1 saturated carbocycles. The lowest BCUT2D eigenvalue weighted by Crippen LogP contribution is -2.40. The van der Waals surface area contributed by atoms with Gasteiger partial charge >= 0.3 is 5.97 Å². The molecule has 1 rings (SSSR count). The van der Waals surface area contributed by atoms with Gasteiger partial charge in [-0.1, -0.05) is 77.6 Å². The molecule has 0 spiro atoms. The van der Waals surface area contributed by atoms with Gasteiger partial charge in [-0.3, -0.25) is 0 Å². The minimum atomic E-state index is -2.06. The number of carbonyl (C=O) groups is 1. The van der Waals surface area contributed by atoms with Gasteiger partial charge in [-0.25, -0.2) is 4.79 Å². The van der Waals surface area contributed by atoms with E-state index < -0.39 is 11.8 Å². The summed E-state index contributed by atoms with van der Waals surface area (Å²) in [7, 11) is 1.22. The Morgan fingerprint density at radius 1 is 0.929 bits per heavy atom. The third-order valence-electron chi connectivity index (χ3n) is 6.59. The van der Waals surface area contributed by atoms with E-state index in [0.29, 0.717) is 18.3 Å². The predicted molar refractivity (Wildman–Crippen MR) is 112 cm³/mol. The van der Waals surface area contributed by atoms with E-state index in [9.17, 15) is 15.0 Å². The molecule has 1 fully saturated rings. The molecule has 0 radical (unpaired) electrons. The van der Waals surface area contributed by atoms with Crippen LogP contribution in [0.2, 0.25) is 0 Å². The summed E-state index contributed by atoms with van der Waals surface area (Å²) in [5, 5.41) is 29.2. The molecular weight excluding hydrogens is 356 g/mol. The summed E-state index contributed by atoms with van der Waals surface area (Å²) in [6, 6.07) is 0. The van der Waals surface area contributed by atoms with Crippen molar-refractivity contribution < 1.29 is 24.9 Å². The maximum absolute atomic E-state index is 11.0. The SMILES string of the molecule is CCCCCCCCCC[C@H]1CC[C@H](O)[C@@H]1CCCCCC(O)(OC)C(=O)O. The van der Waals surface area contributed by atoms with Gasteiger partial charge in [-0.2, -0.15) is 0 Å². The molecule has 0 aromatic rings. The lowest BCUT2D eigenvalue weighted by molar-refractivity contribution is -0.216. The molecule has 5 nitrogen and oxygen atoms in total. The number of hydrogen-bond donors (Lipinski definition) is 3. The first-order valence-corrected chi connectivity index (χ1v) is 11.6. The number of methoxy groups -OCH3 is 1. The molecule has 4 atom stereocenters. The van der Waals surface area contributed by atoms with Crippen LogP contribution in [0.1, 0.15) is 110 Å². The Balaban J connectivity index is 2.16. The number of aliphatic hydroxyl groups excluding tert-OH is 1. The van der Waals surface area contributed by atoms with Crippen LogP contribution in [0, 0.1) is 11.8 Å². The molecule has 3 N–H and O–H groups in total. The van der Waals surface area contributed by atoms with Crippen LogP contribution < -0.4 is 0 Å². The number of hydrogen-bond acceptors (Lipinski definition) is 4. The monoisotopic (exact) mass is 400 g/mol. The zero-order valence-electron chi connectivity index (χ0n) is 18.2. The summed E-state index contributed by atoms with van der Waals surface area (Å²) in [5.41, 5.74) is 0. The summed E-state index contributed by atoms with van der Waals surface area (Å²) >= 11 is 0. The van der Waals surface area contributed by atoms with Gasteiger partial charge in [0.05, 0.1) is 6.10 Å². The maximum atomic E-state index is 11.0. The summed E-state index contributed by atoms with van der Waals surface area (Å²) in [5.74, 6) is -2.35. The molecule has 5 heteroatoms. The highest BCUT2D eigenvalue weighted by atomic mass is 16.6. The molecule has 28 heavy (non-hydrogen) atoms. The van der Waals surface area contributed by atoms with E-state index in [-0.39, 0.29) is 12.5 Å². The molecule has 0 amide bonds. The van der Waals surface area contributed by atoms with E-state index in [2.05, 4.69) is 6.92 Å². The molecule has 1 aliphatic carbocycles. The fraction of sp³-hybridized carbons (Fsp3) is 0.957. The minimum Gasteiger partial charge on any atom is -0.477 e. The smallest absolute Gasteiger partial charge is 0.364 e. The van der Waals surface area contributed by atoms with E-state index in [1.54, 1.807) is 0 Å². The van der Waals surface area contributed by atoms with Gasteiger partial charge in [0.1, 0.15) is 0 Å². The van der Waals surface area contributed by atoms with Crippen LogP contribution in [-0.2, 0) is 9.53 Å². The number of aliphatic carboxylic acids is 1. The summed E-state index contributed by atoms with van der Waals surface area (Å²) in [6.45, 7) is 2.25. The van der Waals surface area contributed by atoms with Crippen molar-refractivity contribution in [2.75, 3.05) is 7.11 Å². The Hall–Kier alpha value is -0.650. The fourth-order valence-corrected chi connectivity index (χ4v) is 4.67. The van der Waals surface area contributed by atoms with Crippen LogP contribution in [0.25, 0.3) is 0 Å². The second kappa shape index (κ2) is 14.4. The Bertz CT molecular complexity index is 414. The molecule has 0 heterocycles. The number of ether oxygens (including phenoxy) is 1. The van der Waals surface area contributed by atoms with Gasteiger partial charge < -0.3 is 20.1 Å². The topological polar surface area (TPSA) is 87.0 Å². The molecule has 0 aliphatic heterocycles. The predicted octanol–water partition coefficient (Wildman–Crippen LogP) is 5.27. The second-order valence-corrected chi connectivity index (χ2v) is 8.73. The second-order valence-electron chi connectivity index (χ2n) is 8.73. The Morgan fingerprint density at radius 2 is 1.50 bits per heavy atom. The average molecular weight is 401 g/mol. The number of rotatable bonds is 17. The highest BCUT2D eigenvalue weighted by Crippen LogP contribution is 2.39. The Kier molecular flexibility index (Phi) is 13.0. The van der Waals surface area contributed by atoms with Crippen LogP contribution in [-0.4, -0.2) is 40.3 Å². The van der Waals surface area contributed by atoms with Gasteiger partial charge in [-0.05, 0) is 37.5 Å². The number of aliphatic hydroxyl groups is 2. The number of carboxylic acid groups (broad SMARTS) is 1. The van der Waals surface area contributed by atoms with E-state index in [1.165, 1.54) is 64.9 Å². The van der Waals surface area contributed by atoms with E-state index >= 15 is 0 Å². The average Bonchev–Trinajstić information content (AvgIpc) is 3.03. The van der Waals surface area contributed by atoms with Crippen molar-refractivity contribution in [2.45, 2.75) is 122 Å². The molecule has 0 aromatic heterocycles. The van der Waals surface area contributed by atoms with E-state index in [0.717, 1.165) is 32.1 Å². The van der Waals surface area contributed by atoms with Gasteiger partial charge in [0.15, 0.2) is 0 Å². The zero-order valence-corrected chi connectivity index (χ0v) is 18.2. The summed E-state index contributed by atoms with van der Waals surface area (Å²) in [4.78, 5) is 11.0. The first-order valence-electron chi connectivity index (χ1n) is 11.6. The molecule has 0 bridgehead atoms. The highest BCUT2D eigenvalue weighted by molar-refractivity contribution is 5.75. The number of unbranched alkanes of at least 4 members (excludes halogenated alkanes) is 9. The van der Waals surface area contributed by atoms with Crippen LogP contribution in [0.5, 0.6) is 0 Å². The fourth-order valence-electron chi connectivity index (χ4n) is 4.67. The summed E-state index contributed by atoms with van der Waals surface area (Å²) < 4.78 is 4.72. The van der Waals surface area contributed by atoms with Crippen molar-refractivity contribution in [3.8, 4) is 0 Å². The third kappa shape index (κ3) is 9.23. The molecule has 166 valence electrons. The van der Waals surface area contributed by atoms with Gasteiger partial charge in [0.25, 0.3) is 5.79 Å². The van der Waals surface area contributed by atoms with Gasteiger partial charge in [-0.15, -0.1) is 0 Å². The van der Waals surface area contributed by atoms with Crippen LogP contribution in [0.3, 0.4) is 0 Å². The third-order valence-corrected chi connectivity index (χ3v) is 6.59. The first-order chi connectivity index (χ1) is 13.4. The maximum Gasteiger partial charge on any atom is 0.364 e. The lowest BCUT2D eigenvalue weighted by Gasteiger charge is -2.23. The Labute approximate surface area is 171 Å². The minimum absolute atomic E-state index is 0.105. The van der Waals surface area contributed by atoms with Crippen molar-refractivity contribution in [3.63, 3.8) is 0 Å².